The number of aromatic hydroxyl groups is 1. The van der Waals surface area contributed by atoms with Crippen LogP contribution in [-0.4, -0.2) is 18.0 Å². The molecule has 0 saturated heterocycles. The predicted octanol–water partition coefficient (Wildman–Crippen LogP) is 4.62. The van der Waals surface area contributed by atoms with E-state index in [0.717, 1.165) is 47.3 Å². The van der Waals surface area contributed by atoms with E-state index in [2.05, 4.69) is 0 Å². The van der Waals surface area contributed by atoms with Gasteiger partial charge in [0.2, 0.25) is 0 Å². The van der Waals surface area contributed by atoms with Gasteiger partial charge in [-0.05, 0) is 66.8 Å². The number of hydrogen-bond acceptors (Lipinski definition) is 3. The van der Waals surface area contributed by atoms with Crippen LogP contribution in [-0.2, 0) is 4.79 Å². The van der Waals surface area contributed by atoms with Crippen molar-refractivity contribution in [2.75, 3.05) is 7.11 Å². The molecule has 0 atom stereocenters. The zero-order valence-corrected chi connectivity index (χ0v) is 13.7. The third kappa shape index (κ3) is 3.74. The largest absolute Gasteiger partial charge is 0.508 e. The molecular formula is C21H20O3. The summed E-state index contributed by atoms with van der Waals surface area (Å²) in [5.41, 5.74) is 3.61. The van der Waals surface area contributed by atoms with Crippen LogP contribution < -0.4 is 4.74 Å². The van der Waals surface area contributed by atoms with E-state index in [-0.39, 0.29) is 11.5 Å². The van der Waals surface area contributed by atoms with Gasteiger partial charge in [-0.3, -0.25) is 4.79 Å². The second kappa shape index (κ2) is 7.18. The highest BCUT2D eigenvalue weighted by atomic mass is 16.5. The molecule has 0 bridgehead atoms. The molecule has 122 valence electrons. The average molecular weight is 320 g/mol. The number of allylic oxidation sites excluding steroid dienone is 2. The van der Waals surface area contributed by atoms with Crippen molar-refractivity contribution in [1.29, 1.82) is 0 Å². The van der Waals surface area contributed by atoms with Gasteiger partial charge in [0, 0.05) is 11.1 Å². The Morgan fingerprint density at radius 1 is 0.875 bits per heavy atom. The third-order valence-electron chi connectivity index (χ3n) is 4.17. The monoisotopic (exact) mass is 320 g/mol. The van der Waals surface area contributed by atoms with Gasteiger partial charge < -0.3 is 9.84 Å². The Bertz CT molecular complexity index is 781. The molecule has 3 rings (SSSR count). The fraction of sp³-hybridized carbons (Fsp3) is 0.190. The Labute approximate surface area is 141 Å². The Hall–Kier alpha value is -2.81. The van der Waals surface area contributed by atoms with Crippen LogP contribution in [0.3, 0.4) is 0 Å². The summed E-state index contributed by atoms with van der Waals surface area (Å²) in [4.78, 5) is 12.7. The number of hydrogen-bond donors (Lipinski definition) is 1. The Morgan fingerprint density at radius 3 is 1.88 bits per heavy atom. The molecule has 0 aromatic heterocycles. The van der Waals surface area contributed by atoms with Gasteiger partial charge in [0.1, 0.15) is 11.5 Å². The summed E-state index contributed by atoms with van der Waals surface area (Å²) in [5.74, 6) is 1.15. The predicted molar refractivity (Wildman–Crippen MR) is 95.9 cm³/mol. The fourth-order valence-corrected chi connectivity index (χ4v) is 2.85. The van der Waals surface area contributed by atoms with Crippen LogP contribution in [0.1, 0.15) is 30.4 Å². The molecular weight excluding hydrogens is 300 g/mol. The highest BCUT2D eigenvalue weighted by Gasteiger charge is 2.20. The maximum Gasteiger partial charge on any atom is 0.185 e. The molecule has 3 heteroatoms. The van der Waals surface area contributed by atoms with Crippen LogP contribution in [0.5, 0.6) is 11.5 Å². The van der Waals surface area contributed by atoms with Crippen molar-refractivity contribution >= 4 is 17.9 Å². The number of Topliss-reactive ketones (excluding diaryl/α,β-unsaturated/α-hetero) is 1. The van der Waals surface area contributed by atoms with Gasteiger partial charge in [-0.2, -0.15) is 0 Å². The summed E-state index contributed by atoms with van der Waals surface area (Å²) in [5, 5.41) is 9.35. The van der Waals surface area contributed by atoms with E-state index in [1.807, 2.05) is 48.6 Å². The summed E-state index contributed by atoms with van der Waals surface area (Å²) in [6, 6.07) is 14.6. The first-order valence-corrected chi connectivity index (χ1v) is 8.04. The van der Waals surface area contributed by atoms with E-state index in [1.54, 1.807) is 19.2 Å². The smallest absolute Gasteiger partial charge is 0.185 e. The van der Waals surface area contributed by atoms with Gasteiger partial charge in [-0.25, -0.2) is 0 Å². The molecule has 0 unspecified atom stereocenters. The lowest BCUT2D eigenvalue weighted by molar-refractivity contribution is -0.112. The zero-order chi connectivity index (χ0) is 16.9. The van der Waals surface area contributed by atoms with Crippen molar-refractivity contribution in [3.05, 3.63) is 70.8 Å². The first-order chi connectivity index (χ1) is 11.7. The van der Waals surface area contributed by atoms with Crippen molar-refractivity contribution in [1.82, 2.24) is 0 Å². The second-order valence-electron chi connectivity index (χ2n) is 5.89. The van der Waals surface area contributed by atoms with E-state index in [0.29, 0.717) is 0 Å². The van der Waals surface area contributed by atoms with Crippen molar-refractivity contribution in [2.24, 2.45) is 0 Å². The average Bonchev–Trinajstić information content (AvgIpc) is 2.61. The second-order valence-corrected chi connectivity index (χ2v) is 5.89. The molecule has 1 fully saturated rings. The molecule has 1 aliphatic carbocycles. The highest BCUT2D eigenvalue weighted by Crippen LogP contribution is 2.28. The van der Waals surface area contributed by atoms with E-state index < -0.39 is 0 Å². The topological polar surface area (TPSA) is 46.5 Å². The lowest BCUT2D eigenvalue weighted by Gasteiger charge is -2.16. The van der Waals surface area contributed by atoms with Crippen LogP contribution in [0.2, 0.25) is 0 Å². The summed E-state index contributed by atoms with van der Waals surface area (Å²) in [7, 11) is 1.64. The van der Waals surface area contributed by atoms with Gasteiger partial charge in [0.05, 0.1) is 7.11 Å². The molecule has 2 aromatic carbocycles. The Balaban J connectivity index is 1.83. The Morgan fingerprint density at radius 2 is 1.38 bits per heavy atom. The van der Waals surface area contributed by atoms with E-state index in [4.69, 9.17) is 4.74 Å². The van der Waals surface area contributed by atoms with Gasteiger partial charge in [0.25, 0.3) is 0 Å². The van der Waals surface area contributed by atoms with Crippen LogP contribution in [0.25, 0.3) is 12.2 Å². The molecule has 3 nitrogen and oxygen atoms in total. The summed E-state index contributed by atoms with van der Waals surface area (Å²) < 4.78 is 5.16. The van der Waals surface area contributed by atoms with Crippen LogP contribution in [0, 0.1) is 0 Å². The minimum Gasteiger partial charge on any atom is -0.508 e. The minimum atomic E-state index is 0.116. The number of benzene rings is 2. The first-order valence-electron chi connectivity index (χ1n) is 8.04. The summed E-state index contributed by atoms with van der Waals surface area (Å²) >= 11 is 0. The number of rotatable bonds is 3. The minimum absolute atomic E-state index is 0.116. The van der Waals surface area contributed by atoms with E-state index in [9.17, 15) is 9.90 Å². The molecule has 1 saturated carbocycles. The normalized spacial score (nSPS) is 18.1. The van der Waals surface area contributed by atoms with E-state index >= 15 is 0 Å². The highest BCUT2D eigenvalue weighted by molar-refractivity contribution is 6.13. The van der Waals surface area contributed by atoms with E-state index in [1.165, 1.54) is 0 Å². The molecule has 0 heterocycles. The van der Waals surface area contributed by atoms with Crippen LogP contribution in [0.15, 0.2) is 59.7 Å². The van der Waals surface area contributed by atoms with Crippen LogP contribution in [0.4, 0.5) is 0 Å². The maximum absolute atomic E-state index is 12.7. The number of phenolic OH excluding ortho intramolecular Hbond substituents is 1. The Kier molecular flexibility index (Phi) is 4.80. The number of ketones is 1. The standard InChI is InChI=1S/C21H20O3/c1-24-20-11-7-16(8-12-20)14-18-4-2-3-17(21(18)23)13-15-5-9-19(22)10-6-15/h5-14,22H,2-4H2,1H3/b17-13-,18-14-. The summed E-state index contributed by atoms with van der Waals surface area (Å²) in [6.07, 6.45) is 6.45. The fourth-order valence-electron chi connectivity index (χ4n) is 2.85. The van der Waals surface area contributed by atoms with Crippen molar-refractivity contribution in [3.8, 4) is 11.5 Å². The SMILES string of the molecule is COc1ccc(/C=C2/CCC/C(=C/c3ccc(O)cc3)C2=O)cc1. The number of ether oxygens (including phenoxy) is 1. The molecule has 1 aliphatic rings. The number of phenols is 1. The molecule has 0 aliphatic heterocycles. The van der Waals surface area contributed by atoms with Crippen LogP contribution >= 0.6 is 0 Å². The molecule has 0 amide bonds. The number of carbonyl (C=O) groups excluding carboxylic acids is 1. The lowest BCUT2D eigenvalue weighted by Crippen LogP contribution is -2.12. The molecule has 0 spiro atoms. The molecule has 0 radical (unpaired) electrons. The molecule has 2 aromatic rings. The van der Waals surface area contributed by atoms with Gasteiger partial charge >= 0.3 is 0 Å². The van der Waals surface area contributed by atoms with Crippen molar-refractivity contribution in [3.63, 3.8) is 0 Å². The quantitative estimate of drug-likeness (QED) is 0.839. The van der Waals surface area contributed by atoms with Crippen molar-refractivity contribution in [2.45, 2.75) is 19.3 Å². The molecule has 1 N–H and O–H groups in total. The maximum atomic E-state index is 12.7. The molecule has 24 heavy (non-hydrogen) atoms. The first kappa shape index (κ1) is 16.1. The van der Waals surface area contributed by atoms with Gasteiger partial charge in [0.15, 0.2) is 5.78 Å². The van der Waals surface area contributed by atoms with Crippen molar-refractivity contribution < 1.29 is 14.6 Å². The number of carbonyl (C=O) groups is 1. The van der Waals surface area contributed by atoms with Gasteiger partial charge in [-0.15, -0.1) is 0 Å². The lowest BCUT2D eigenvalue weighted by atomic mass is 9.87. The van der Waals surface area contributed by atoms with Gasteiger partial charge in [-0.1, -0.05) is 24.3 Å². The number of methoxy groups -OCH3 is 1. The third-order valence-corrected chi connectivity index (χ3v) is 4.17. The zero-order valence-electron chi connectivity index (χ0n) is 13.7. The summed E-state index contributed by atoms with van der Waals surface area (Å²) in [6.45, 7) is 0.